The van der Waals surface area contributed by atoms with Gasteiger partial charge >= 0.3 is 0 Å². The van der Waals surface area contributed by atoms with Crippen LogP contribution in [0.3, 0.4) is 0 Å². The number of rotatable bonds is 1. The summed E-state index contributed by atoms with van der Waals surface area (Å²) in [4.78, 5) is 18.8. The van der Waals surface area contributed by atoms with Gasteiger partial charge in [-0.1, -0.05) is 26.7 Å². The van der Waals surface area contributed by atoms with Crippen molar-refractivity contribution in [2.75, 3.05) is 0 Å². The van der Waals surface area contributed by atoms with E-state index in [0.29, 0.717) is 21.3 Å². The topological polar surface area (TPSA) is 47.8 Å². The Balaban J connectivity index is 0.000000531. The Bertz CT molecular complexity index is 483. The van der Waals surface area contributed by atoms with Crippen LogP contribution in [0.25, 0.3) is 11.2 Å². The van der Waals surface area contributed by atoms with E-state index in [9.17, 15) is 4.79 Å². The van der Waals surface area contributed by atoms with Crippen LogP contribution in [0.5, 0.6) is 0 Å². The minimum Gasteiger partial charge on any atom is -0.298 e. The highest BCUT2D eigenvalue weighted by Crippen LogP contribution is 2.18. The minimum atomic E-state index is 0.485. The van der Waals surface area contributed by atoms with Crippen LogP contribution in [0, 0.1) is 0 Å². The third kappa shape index (κ3) is 2.38. The predicted octanol–water partition coefficient (Wildman–Crippen LogP) is 2.73. The summed E-state index contributed by atoms with van der Waals surface area (Å²) >= 11 is 7.28. The van der Waals surface area contributed by atoms with Gasteiger partial charge in [0.25, 0.3) is 0 Å². The van der Waals surface area contributed by atoms with Crippen molar-refractivity contribution in [1.29, 1.82) is 0 Å². The summed E-state index contributed by atoms with van der Waals surface area (Å²) < 4.78 is 2.07. The van der Waals surface area contributed by atoms with Gasteiger partial charge in [0, 0.05) is 6.20 Å². The van der Waals surface area contributed by atoms with E-state index in [1.807, 2.05) is 13.8 Å². The van der Waals surface area contributed by atoms with Crippen molar-refractivity contribution < 1.29 is 4.79 Å². The van der Waals surface area contributed by atoms with Crippen molar-refractivity contribution in [2.24, 2.45) is 0 Å². The van der Waals surface area contributed by atoms with Gasteiger partial charge in [-0.2, -0.15) is 0 Å². The molecular weight excluding hydrogens is 278 g/mol. The maximum Gasteiger partial charge on any atom is 0.169 e. The van der Waals surface area contributed by atoms with Crippen LogP contribution in [0.15, 0.2) is 17.0 Å². The zero-order valence-electron chi connectivity index (χ0n) is 8.31. The van der Waals surface area contributed by atoms with Gasteiger partial charge in [0.15, 0.2) is 11.9 Å². The lowest BCUT2D eigenvalue weighted by Crippen LogP contribution is -1.85. The van der Waals surface area contributed by atoms with Gasteiger partial charge < -0.3 is 0 Å². The zero-order valence-corrected chi connectivity index (χ0v) is 10.8. The van der Waals surface area contributed by atoms with Crippen LogP contribution in [-0.2, 0) is 0 Å². The molecule has 0 aromatic carbocycles. The fourth-order valence-electron chi connectivity index (χ4n) is 1.06. The summed E-state index contributed by atoms with van der Waals surface area (Å²) in [5.74, 6) is 0. The zero-order chi connectivity index (χ0) is 11.4. The minimum absolute atomic E-state index is 0.485. The molecule has 0 N–H and O–H groups in total. The molecule has 0 atom stereocenters. The molecule has 2 aromatic heterocycles. The molecule has 0 spiro atoms. The normalized spacial score (nSPS) is 9.60. The highest BCUT2D eigenvalue weighted by atomic mass is 79.9. The Morgan fingerprint density at radius 3 is 2.80 bits per heavy atom. The fourth-order valence-corrected chi connectivity index (χ4v) is 1.61. The van der Waals surface area contributed by atoms with Crippen LogP contribution < -0.4 is 0 Å². The van der Waals surface area contributed by atoms with Crippen LogP contribution >= 0.6 is 28.7 Å². The quantitative estimate of drug-likeness (QED) is 0.648. The molecule has 0 radical (unpaired) electrons. The van der Waals surface area contributed by atoms with Gasteiger partial charge in [0.2, 0.25) is 0 Å². The largest absolute Gasteiger partial charge is 0.298 e. The Labute approximate surface area is 101 Å². The second kappa shape index (κ2) is 5.27. The van der Waals surface area contributed by atoms with E-state index in [-0.39, 0.29) is 0 Å². The van der Waals surface area contributed by atoms with Gasteiger partial charge in [-0.15, -0.1) is 0 Å². The first-order chi connectivity index (χ1) is 7.22. The number of nitrogens with zero attached hydrogens (tertiary/aromatic N) is 3. The molecule has 0 fully saturated rings. The van der Waals surface area contributed by atoms with Crippen LogP contribution in [0.4, 0.5) is 0 Å². The second-order valence-corrected chi connectivity index (χ2v) is 3.66. The lowest BCUT2D eigenvalue weighted by atomic mass is 10.3. The number of carbonyl (C=O) groups is 1. The molecule has 2 rings (SSSR count). The van der Waals surface area contributed by atoms with E-state index < -0.39 is 0 Å². The fraction of sp³-hybridized carbons (Fsp3) is 0.222. The second-order valence-electron chi connectivity index (χ2n) is 2.41. The number of hydrogen-bond acceptors (Lipinski definition) is 4. The molecule has 15 heavy (non-hydrogen) atoms. The Morgan fingerprint density at radius 1 is 1.53 bits per heavy atom. The number of halogens is 1. The SMILES string of the molecule is CC.O=Cc1cn(S)c2ncc(Br)nc12. The molecule has 0 saturated carbocycles. The van der Waals surface area contributed by atoms with Crippen molar-refractivity contribution >= 4 is 46.2 Å². The average Bonchev–Trinajstić information content (AvgIpc) is 2.58. The van der Waals surface area contributed by atoms with E-state index in [1.54, 1.807) is 12.4 Å². The maximum atomic E-state index is 10.6. The maximum absolute atomic E-state index is 10.6. The van der Waals surface area contributed by atoms with Crippen LogP contribution in [-0.4, -0.2) is 20.2 Å². The van der Waals surface area contributed by atoms with Gasteiger partial charge in [-0.3, -0.25) is 8.77 Å². The number of carbonyl (C=O) groups excluding carboxylic acids is 1. The van der Waals surface area contributed by atoms with E-state index in [0.717, 1.165) is 6.29 Å². The van der Waals surface area contributed by atoms with E-state index in [2.05, 4.69) is 38.7 Å². The Hall–Kier alpha value is -0.880. The molecule has 6 heteroatoms. The van der Waals surface area contributed by atoms with E-state index >= 15 is 0 Å². The number of aromatic nitrogens is 3. The van der Waals surface area contributed by atoms with Gasteiger partial charge in [-0.25, -0.2) is 9.97 Å². The summed E-state index contributed by atoms with van der Waals surface area (Å²) in [6, 6.07) is 0. The molecule has 0 aliphatic rings. The lowest BCUT2D eigenvalue weighted by molar-refractivity contribution is 0.112. The predicted molar refractivity (Wildman–Crippen MR) is 66.3 cm³/mol. The van der Waals surface area contributed by atoms with Crippen molar-refractivity contribution in [3.63, 3.8) is 0 Å². The number of aldehydes is 1. The summed E-state index contributed by atoms with van der Waals surface area (Å²) in [6.07, 6.45) is 3.87. The average molecular weight is 288 g/mol. The molecule has 0 saturated heterocycles. The molecule has 0 unspecified atom stereocenters. The highest BCUT2D eigenvalue weighted by molar-refractivity contribution is 9.10. The summed E-state index contributed by atoms with van der Waals surface area (Å²) in [5, 5.41) is 0. The van der Waals surface area contributed by atoms with Gasteiger partial charge in [0.05, 0.1) is 11.8 Å². The molecular formula is C9H10BrN3OS. The first-order valence-corrected chi connectivity index (χ1v) is 5.59. The Kier molecular flexibility index (Phi) is 4.28. The van der Waals surface area contributed by atoms with E-state index in [4.69, 9.17) is 0 Å². The number of thiol groups is 1. The highest BCUT2D eigenvalue weighted by Gasteiger charge is 2.08. The van der Waals surface area contributed by atoms with Crippen LogP contribution in [0.1, 0.15) is 24.2 Å². The smallest absolute Gasteiger partial charge is 0.169 e. The standard InChI is InChI=1S/C7H4BrN3OS.C2H6/c8-5-1-9-7-6(10-5)4(3-12)2-11(7)13;1-2/h1-3,13H;1-2H3. The molecule has 0 amide bonds. The first kappa shape index (κ1) is 12.2. The van der Waals surface area contributed by atoms with Crippen molar-refractivity contribution in [1.82, 2.24) is 13.9 Å². The monoisotopic (exact) mass is 287 g/mol. The van der Waals surface area contributed by atoms with Crippen molar-refractivity contribution in [3.8, 4) is 0 Å². The van der Waals surface area contributed by atoms with Crippen molar-refractivity contribution in [2.45, 2.75) is 13.8 Å². The van der Waals surface area contributed by atoms with Crippen molar-refractivity contribution in [3.05, 3.63) is 22.6 Å². The van der Waals surface area contributed by atoms with Gasteiger partial charge in [0.1, 0.15) is 10.1 Å². The van der Waals surface area contributed by atoms with Gasteiger partial charge in [-0.05, 0) is 15.9 Å². The number of fused-ring (bicyclic) bond motifs is 1. The summed E-state index contributed by atoms with van der Waals surface area (Å²) in [6.45, 7) is 4.00. The molecule has 2 aromatic rings. The molecule has 80 valence electrons. The molecule has 0 aliphatic heterocycles. The molecule has 0 aliphatic carbocycles. The third-order valence-corrected chi connectivity index (χ3v) is 2.29. The van der Waals surface area contributed by atoms with E-state index in [1.165, 1.54) is 3.97 Å². The Morgan fingerprint density at radius 2 is 2.20 bits per heavy atom. The lowest BCUT2D eigenvalue weighted by Gasteiger charge is -1.92. The van der Waals surface area contributed by atoms with Crippen LogP contribution in [0.2, 0.25) is 0 Å². The first-order valence-electron chi connectivity index (χ1n) is 4.40. The molecule has 0 bridgehead atoms. The summed E-state index contributed by atoms with van der Waals surface area (Å²) in [7, 11) is 0. The number of hydrogen-bond donors (Lipinski definition) is 1. The third-order valence-electron chi connectivity index (χ3n) is 1.60. The molecule has 4 nitrogen and oxygen atoms in total. The summed E-state index contributed by atoms with van der Waals surface area (Å²) in [5.41, 5.74) is 1.62. The molecule has 2 heterocycles.